The molecule has 1 saturated carbocycles. The first-order valence-corrected chi connectivity index (χ1v) is 8.72. The molecule has 19 heavy (non-hydrogen) atoms. The van der Waals surface area contributed by atoms with Crippen LogP contribution in [0.25, 0.3) is 0 Å². The molecule has 3 N–H and O–H groups in total. The van der Waals surface area contributed by atoms with Crippen LogP contribution in [0.3, 0.4) is 0 Å². The molecule has 2 unspecified atom stereocenters. The summed E-state index contributed by atoms with van der Waals surface area (Å²) < 4.78 is 24.2. The van der Waals surface area contributed by atoms with Crippen LogP contribution in [0, 0.1) is 5.92 Å². The Morgan fingerprint density at radius 2 is 1.84 bits per heavy atom. The summed E-state index contributed by atoms with van der Waals surface area (Å²) in [5, 5.41) is 3.04. The van der Waals surface area contributed by atoms with E-state index in [-0.39, 0.29) is 23.9 Å². The van der Waals surface area contributed by atoms with E-state index < -0.39 is 10.0 Å². The van der Waals surface area contributed by atoms with Gasteiger partial charge in [-0.05, 0) is 32.1 Å². The molecule has 0 aromatic rings. The number of nitrogens with one attached hydrogen (secondary N) is 1. The van der Waals surface area contributed by atoms with Gasteiger partial charge in [0.05, 0.1) is 6.26 Å². The van der Waals surface area contributed by atoms with Crippen molar-refractivity contribution in [3.63, 3.8) is 0 Å². The normalized spacial score (nSPS) is 30.4. The van der Waals surface area contributed by atoms with Gasteiger partial charge in [-0.15, -0.1) is 0 Å². The number of carbonyl (C=O) groups excluding carboxylic acids is 1. The van der Waals surface area contributed by atoms with E-state index in [1.807, 2.05) is 0 Å². The molecule has 1 aliphatic carbocycles. The third kappa shape index (κ3) is 3.90. The average Bonchev–Trinajstić information content (AvgIpc) is 2.75. The van der Waals surface area contributed by atoms with E-state index in [1.54, 1.807) is 0 Å². The van der Waals surface area contributed by atoms with Crippen LogP contribution in [0.4, 0.5) is 0 Å². The van der Waals surface area contributed by atoms with Gasteiger partial charge in [0.1, 0.15) is 0 Å². The maximum absolute atomic E-state index is 12.0. The van der Waals surface area contributed by atoms with E-state index in [0.29, 0.717) is 25.9 Å². The van der Waals surface area contributed by atoms with Gasteiger partial charge in [0.25, 0.3) is 0 Å². The standard InChI is InChI=1S/C12H23N3O3S/c1-19(17,18)15-6-4-11(5-7-15)14-12(16)9-2-3-10(13)8-9/h9-11H,2-8,13H2,1H3,(H,14,16). The highest BCUT2D eigenvalue weighted by Crippen LogP contribution is 2.24. The Balaban J connectivity index is 1.78. The van der Waals surface area contributed by atoms with Crippen LogP contribution in [0.2, 0.25) is 0 Å². The molecule has 2 atom stereocenters. The molecule has 0 bridgehead atoms. The zero-order valence-electron chi connectivity index (χ0n) is 11.3. The molecule has 2 fully saturated rings. The molecule has 2 rings (SSSR count). The molecule has 1 heterocycles. The fraction of sp³-hybridized carbons (Fsp3) is 0.917. The minimum atomic E-state index is -3.10. The summed E-state index contributed by atoms with van der Waals surface area (Å²) in [4.78, 5) is 12.0. The third-order valence-electron chi connectivity index (χ3n) is 4.11. The second-order valence-electron chi connectivity index (χ2n) is 5.71. The topological polar surface area (TPSA) is 92.5 Å². The van der Waals surface area contributed by atoms with E-state index in [2.05, 4.69) is 5.32 Å². The number of amides is 1. The highest BCUT2D eigenvalue weighted by atomic mass is 32.2. The molecule has 2 aliphatic rings. The zero-order valence-corrected chi connectivity index (χ0v) is 12.2. The Kier molecular flexibility index (Phi) is 4.47. The van der Waals surface area contributed by atoms with Gasteiger partial charge >= 0.3 is 0 Å². The van der Waals surface area contributed by atoms with Crippen molar-refractivity contribution in [2.45, 2.75) is 44.2 Å². The molecule has 0 spiro atoms. The second kappa shape index (κ2) is 5.76. The lowest BCUT2D eigenvalue weighted by Crippen LogP contribution is -2.47. The summed E-state index contributed by atoms with van der Waals surface area (Å²) in [6.45, 7) is 0.988. The molecule has 1 saturated heterocycles. The lowest BCUT2D eigenvalue weighted by molar-refractivity contribution is -0.125. The number of rotatable bonds is 3. The second-order valence-corrected chi connectivity index (χ2v) is 7.70. The SMILES string of the molecule is CS(=O)(=O)N1CCC(NC(=O)C2CCC(N)C2)CC1. The molecule has 6 nitrogen and oxygen atoms in total. The van der Waals surface area contributed by atoms with Gasteiger partial charge in [-0.3, -0.25) is 4.79 Å². The fourth-order valence-corrected chi connectivity index (χ4v) is 3.78. The lowest BCUT2D eigenvalue weighted by Gasteiger charge is -2.31. The van der Waals surface area contributed by atoms with Crippen molar-refractivity contribution in [1.29, 1.82) is 0 Å². The van der Waals surface area contributed by atoms with Gasteiger partial charge in [0.15, 0.2) is 0 Å². The Bertz CT molecular complexity index is 430. The number of carbonyl (C=O) groups is 1. The molecule has 0 radical (unpaired) electrons. The first-order chi connectivity index (χ1) is 8.86. The molecule has 1 amide bonds. The van der Waals surface area contributed by atoms with Crippen LogP contribution in [-0.4, -0.2) is 50.1 Å². The largest absolute Gasteiger partial charge is 0.353 e. The minimum absolute atomic E-state index is 0.0444. The number of hydrogen-bond donors (Lipinski definition) is 2. The van der Waals surface area contributed by atoms with Gasteiger partial charge in [-0.1, -0.05) is 0 Å². The maximum Gasteiger partial charge on any atom is 0.223 e. The zero-order chi connectivity index (χ0) is 14.0. The van der Waals surface area contributed by atoms with E-state index in [1.165, 1.54) is 10.6 Å². The summed E-state index contributed by atoms with van der Waals surface area (Å²) >= 11 is 0. The van der Waals surface area contributed by atoms with E-state index in [4.69, 9.17) is 5.73 Å². The quantitative estimate of drug-likeness (QED) is 0.743. The van der Waals surface area contributed by atoms with Crippen LogP contribution in [0.5, 0.6) is 0 Å². The van der Waals surface area contributed by atoms with Crippen molar-refractivity contribution in [3.05, 3.63) is 0 Å². The summed E-state index contributed by atoms with van der Waals surface area (Å²) in [5.41, 5.74) is 5.81. The van der Waals surface area contributed by atoms with Gasteiger partial charge < -0.3 is 11.1 Å². The van der Waals surface area contributed by atoms with Gasteiger partial charge in [0, 0.05) is 31.1 Å². The number of nitrogens with zero attached hydrogens (tertiary/aromatic N) is 1. The Morgan fingerprint density at radius 3 is 2.32 bits per heavy atom. The Hall–Kier alpha value is -0.660. The van der Waals surface area contributed by atoms with Crippen molar-refractivity contribution in [2.24, 2.45) is 11.7 Å². The van der Waals surface area contributed by atoms with Crippen molar-refractivity contribution in [3.8, 4) is 0 Å². The van der Waals surface area contributed by atoms with E-state index in [0.717, 1.165) is 19.3 Å². The molecule has 1 aliphatic heterocycles. The first kappa shape index (κ1) is 14.7. The van der Waals surface area contributed by atoms with Crippen molar-refractivity contribution in [1.82, 2.24) is 9.62 Å². The number of sulfonamides is 1. The van der Waals surface area contributed by atoms with Gasteiger partial charge in [0.2, 0.25) is 15.9 Å². The van der Waals surface area contributed by atoms with Crippen molar-refractivity contribution < 1.29 is 13.2 Å². The van der Waals surface area contributed by atoms with Crippen molar-refractivity contribution >= 4 is 15.9 Å². The highest BCUT2D eigenvalue weighted by Gasteiger charge is 2.31. The Labute approximate surface area is 114 Å². The van der Waals surface area contributed by atoms with Crippen LogP contribution in [0.15, 0.2) is 0 Å². The minimum Gasteiger partial charge on any atom is -0.353 e. The summed E-state index contributed by atoms with van der Waals surface area (Å²) in [5.74, 6) is 0.133. The molecule has 0 aromatic heterocycles. The highest BCUT2D eigenvalue weighted by molar-refractivity contribution is 7.88. The van der Waals surface area contributed by atoms with Crippen LogP contribution in [0.1, 0.15) is 32.1 Å². The first-order valence-electron chi connectivity index (χ1n) is 6.87. The van der Waals surface area contributed by atoms with Gasteiger partial charge in [-0.25, -0.2) is 12.7 Å². The number of hydrogen-bond acceptors (Lipinski definition) is 4. The summed E-state index contributed by atoms with van der Waals surface area (Å²) in [6.07, 6.45) is 5.18. The molecule has 110 valence electrons. The van der Waals surface area contributed by atoms with Crippen LogP contribution < -0.4 is 11.1 Å². The van der Waals surface area contributed by atoms with Crippen LogP contribution >= 0.6 is 0 Å². The van der Waals surface area contributed by atoms with E-state index in [9.17, 15) is 13.2 Å². The average molecular weight is 289 g/mol. The molecular formula is C12H23N3O3S. The molecule has 7 heteroatoms. The lowest BCUT2D eigenvalue weighted by atomic mass is 10.0. The van der Waals surface area contributed by atoms with E-state index >= 15 is 0 Å². The monoisotopic (exact) mass is 289 g/mol. The molecule has 0 aromatic carbocycles. The predicted molar refractivity (Wildman–Crippen MR) is 72.9 cm³/mol. The third-order valence-corrected chi connectivity index (χ3v) is 5.42. The van der Waals surface area contributed by atoms with Gasteiger partial charge in [-0.2, -0.15) is 0 Å². The van der Waals surface area contributed by atoms with Crippen molar-refractivity contribution in [2.75, 3.05) is 19.3 Å². The van der Waals surface area contributed by atoms with Crippen LogP contribution in [-0.2, 0) is 14.8 Å². The Morgan fingerprint density at radius 1 is 1.21 bits per heavy atom. The molecular weight excluding hydrogens is 266 g/mol. The summed E-state index contributed by atoms with van der Waals surface area (Å²) in [6, 6.07) is 0.255. The summed E-state index contributed by atoms with van der Waals surface area (Å²) in [7, 11) is -3.10. The number of nitrogens with two attached hydrogens (primary N) is 1. The number of piperidine rings is 1. The maximum atomic E-state index is 12.0. The smallest absolute Gasteiger partial charge is 0.223 e. The fourth-order valence-electron chi connectivity index (χ4n) is 2.91. The predicted octanol–water partition coefficient (Wildman–Crippen LogP) is -0.346.